The summed E-state index contributed by atoms with van der Waals surface area (Å²) in [7, 11) is 0. The van der Waals surface area contributed by atoms with Gasteiger partial charge < -0.3 is 25.2 Å². The fourth-order valence-corrected chi connectivity index (χ4v) is 2.84. The van der Waals surface area contributed by atoms with Crippen molar-refractivity contribution in [3.8, 4) is 0 Å². The Balaban J connectivity index is 1.66. The van der Waals surface area contributed by atoms with Crippen LogP contribution < -0.4 is 5.32 Å². The van der Waals surface area contributed by atoms with Crippen molar-refractivity contribution in [2.75, 3.05) is 45.9 Å². The molecular formula is C13H23N3O5. The quantitative estimate of drug-likeness (QED) is 0.569. The molecule has 2 fully saturated rings. The molecule has 120 valence electrons. The third kappa shape index (κ3) is 4.55. The molecule has 2 aliphatic rings. The fraction of sp³-hybridized carbons (Fsp3) is 0.846. The molecule has 2 saturated heterocycles. The molecule has 2 atom stereocenters. The van der Waals surface area contributed by atoms with Gasteiger partial charge in [0.05, 0.1) is 12.6 Å². The van der Waals surface area contributed by atoms with Crippen molar-refractivity contribution in [1.82, 2.24) is 15.1 Å². The molecule has 0 aromatic carbocycles. The summed E-state index contributed by atoms with van der Waals surface area (Å²) in [5.41, 5.74) is 0. The van der Waals surface area contributed by atoms with Crippen molar-refractivity contribution in [2.45, 2.75) is 25.0 Å². The highest BCUT2D eigenvalue weighted by atomic mass is 16.5. The SMILES string of the molecule is O=C(O)C1CC(OCCCN2CCNCC2)CN1C(=O)O. The van der Waals surface area contributed by atoms with Gasteiger partial charge in [0.1, 0.15) is 6.04 Å². The first-order chi connectivity index (χ1) is 10.1. The highest BCUT2D eigenvalue weighted by Gasteiger charge is 2.40. The predicted octanol–water partition coefficient (Wildman–Crippen LogP) is -0.496. The second-order valence-corrected chi connectivity index (χ2v) is 5.46. The van der Waals surface area contributed by atoms with E-state index in [1.807, 2.05) is 0 Å². The molecule has 0 radical (unpaired) electrons. The topological polar surface area (TPSA) is 102 Å². The van der Waals surface area contributed by atoms with E-state index in [9.17, 15) is 9.59 Å². The molecule has 2 unspecified atom stereocenters. The van der Waals surface area contributed by atoms with Gasteiger partial charge in [-0.05, 0) is 6.42 Å². The minimum Gasteiger partial charge on any atom is -0.480 e. The van der Waals surface area contributed by atoms with E-state index in [1.54, 1.807) is 0 Å². The van der Waals surface area contributed by atoms with E-state index in [4.69, 9.17) is 14.9 Å². The Labute approximate surface area is 123 Å². The zero-order valence-electron chi connectivity index (χ0n) is 12.0. The van der Waals surface area contributed by atoms with E-state index in [2.05, 4.69) is 10.2 Å². The van der Waals surface area contributed by atoms with Gasteiger partial charge in [-0.1, -0.05) is 0 Å². The molecule has 2 aliphatic heterocycles. The van der Waals surface area contributed by atoms with E-state index in [0.717, 1.165) is 44.0 Å². The summed E-state index contributed by atoms with van der Waals surface area (Å²) >= 11 is 0. The molecule has 21 heavy (non-hydrogen) atoms. The van der Waals surface area contributed by atoms with Crippen molar-refractivity contribution in [1.29, 1.82) is 0 Å². The zero-order chi connectivity index (χ0) is 15.2. The molecule has 0 saturated carbocycles. The lowest BCUT2D eigenvalue weighted by Gasteiger charge is -2.27. The van der Waals surface area contributed by atoms with Crippen LogP contribution in [0.5, 0.6) is 0 Å². The Bertz CT molecular complexity index is 351. The minimum atomic E-state index is -1.20. The second-order valence-electron chi connectivity index (χ2n) is 5.46. The molecule has 0 aliphatic carbocycles. The van der Waals surface area contributed by atoms with Crippen molar-refractivity contribution in [2.24, 2.45) is 0 Å². The Kier molecular flexibility index (Phi) is 5.77. The number of nitrogens with zero attached hydrogens (tertiary/aromatic N) is 2. The summed E-state index contributed by atoms with van der Waals surface area (Å²) in [6.07, 6.45) is -0.407. The molecule has 8 heteroatoms. The molecule has 0 bridgehead atoms. The number of hydrogen-bond acceptors (Lipinski definition) is 5. The van der Waals surface area contributed by atoms with Gasteiger partial charge in [-0.15, -0.1) is 0 Å². The maximum Gasteiger partial charge on any atom is 0.408 e. The minimum absolute atomic E-state index is 0.139. The average molecular weight is 301 g/mol. The number of amides is 1. The number of aliphatic carboxylic acids is 1. The van der Waals surface area contributed by atoms with E-state index in [0.29, 0.717) is 6.61 Å². The summed E-state index contributed by atoms with van der Waals surface area (Å²) in [5, 5.41) is 21.3. The van der Waals surface area contributed by atoms with Crippen LogP contribution in [-0.2, 0) is 9.53 Å². The Morgan fingerprint density at radius 1 is 1.24 bits per heavy atom. The lowest BCUT2D eigenvalue weighted by atomic mass is 10.2. The monoisotopic (exact) mass is 301 g/mol. The van der Waals surface area contributed by atoms with Crippen LogP contribution in [0.15, 0.2) is 0 Å². The van der Waals surface area contributed by atoms with Crippen LogP contribution in [-0.4, -0.2) is 90.1 Å². The predicted molar refractivity (Wildman–Crippen MR) is 74.4 cm³/mol. The lowest BCUT2D eigenvalue weighted by Crippen LogP contribution is -2.44. The van der Waals surface area contributed by atoms with Crippen LogP contribution >= 0.6 is 0 Å². The summed E-state index contributed by atoms with van der Waals surface area (Å²) in [6.45, 7) is 5.73. The van der Waals surface area contributed by atoms with Crippen molar-refractivity contribution < 1.29 is 24.5 Å². The number of carboxylic acid groups (broad SMARTS) is 2. The standard InChI is InChI=1S/C13H23N3O5/c17-12(18)11-8-10(9-16(11)13(19)20)21-7-1-4-15-5-2-14-3-6-15/h10-11,14H,1-9H2,(H,17,18)(H,19,20). The maximum absolute atomic E-state index is 11.0. The van der Waals surface area contributed by atoms with E-state index < -0.39 is 18.1 Å². The van der Waals surface area contributed by atoms with Gasteiger partial charge in [-0.3, -0.25) is 4.90 Å². The van der Waals surface area contributed by atoms with Gasteiger partial charge in [0, 0.05) is 45.8 Å². The summed E-state index contributed by atoms with van der Waals surface area (Å²) < 4.78 is 5.64. The van der Waals surface area contributed by atoms with Gasteiger partial charge in [0.15, 0.2) is 0 Å². The Morgan fingerprint density at radius 2 is 1.95 bits per heavy atom. The lowest BCUT2D eigenvalue weighted by molar-refractivity contribution is -0.141. The summed E-state index contributed by atoms with van der Waals surface area (Å²) in [4.78, 5) is 25.3. The first kappa shape index (κ1) is 16.0. The van der Waals surface area contributed by atoms with E-state index >= 15 is 0 Å². The van der Waals surface area contributed by atoms with Crippen molar-refractivity contribution >= 4 is 12.1 Å². The molecule has 0 aromatic heterocycles. The van der Waals surface area contributed by atoms with Crippen LogP contribution in [0.25, 0.3) is 0 Å². The number of likely N-dealkylation sites (tertiary alicyclic amines) is 1. The van der Waals surface area contributed by atoms with E-state index in [-0.39, 0.29) is 19.1 Å². The first-order valence-corrected chi connectivity index (χ1v) is 7.35. The van der Waals surface area contributed by atoms with Gasteiger partial charge in [-0.2, -0.15) is 0 Å². The highest BCUT2D eigenvalue weighted by Crippen LogP contribution is 2.21. The molecule has 1 amide bonds. The van der Waals surface area contributed by atoms with Crippen LogP contribution in [0.1, 0.15) is 12.8 Å². The molecular weight excluding hydrogens is 278 g/mol. The number of nitrogens with one attached hydrogen (secondary N) is 1. The van der Waals surface area contributed by atoms with Gasteiger partial charge >= 0.3 is 12.1 Å². The van der Waals surface area contributed by atoms with Crippen LogP contribution in [0.3, 0.4) is 0 Å². The number of rotatable bonds is 6. The summed E-state index contributed by atoms with van der Waals surface area (Å²) in [6, 6.07) is -0.985. The second kappa shape index (κ2) is 7.58. The van der Waals surface area contributed by atoms with Gasteiger partial charge in [0.25, 0.3) is 0 Å². The Hall–Kier alpha value is -1.38. The molecule has 3 N–H and O–H groups in total. The van der Waals surface area contributed by atoms with Crippen molar-refractivity contribution in [3.63, 3.8) is 0 Å². The van der Waals surface area contributed by atoms with Crippen molar-refractivity contribution in [3.05, 3.63) is 0 Å². The largest absolute Gasteiger partial charge is 0.480 e. The van der Waals surface area contributed by atoms with Crippen LogP contribution in [0, 0.1) is 0 Å². The molecule has 0 spiro atoms. The number of hydrogen-bond donors (Lipinski definition) is 3. The normalized spacial score (nSPS) is 27.0. The average Bonchev–Trinajstić information content (AvgIpc) is 2.89. The smallest absolute Gasteiger partial charge is 0.408 e. The first-order valence-electron chi connectivity index (χ1n) is 7.35. The van der Waals surface area contributed by atoms with Crippen LogP contribution in [0.2, 0.25) is 0 Å². The van der Waals surface area contributed by atoms with Crippen LogP contribution in [0.4, 0.5) is 4.79 Å². The summed E-state index contributed by atoms with van der Waals surface area (Å²) in [5.74, 6) is -1.11. The fourth-order valence-electron chi connectivity index (χ4n) is 2.84. The number of carbonyl (C=O) groups is 2. The van der Waals surface area contributed by atoms with Gasteiger partial charge in [0.2, 0.25) is 0 Å². The molecule has 8 nitrogen and oxygen atoms in total. The van der Waals surface area contributed by atoms with Gasteiger partial charge in [-0.25, -0.2) is 9.59 Å². The molecule has 0 aromatic rings. The zero-order valence-corrected chi connectivity index (χ0v) is 12.0. The highest BCUT2D eigenvalue weighted by molar-refractivity contribution is 5.80. The third-order valence-corrected chi connectivity index (χ3v) is 3.98. The number of ether oxygens (including phenoxy) is 1. The third-order valence-electron chi connectivity index (χ3n) is 3.98. The Morgan fingerprint density at radius 3 is 2.52 bits per heavy atom. The maximum atomic E-state index is 11.0. The number of carboxylic acids is 1. The molecule has 2 rings (SSSR count). The number of piperazine rings is 1. The molecule has 2 heterocycles. The van der Waals surface area contributed by atoms with E-state index in [1.165, 1.54) is 0 Å².